The van der Waals surface area contributed by atoms with E-state index in [0.717, 1.165) is 29.3 Å². The van der Waals surface area contributed by atoms with Crippen molar-refractivity contribution in [2.24, 2.45) is 0 Å². The van der Waals surface area contributed by atoms with Gasteiger partial charge in [-0.05, 0) is 44.4 Å². The van der Waals surface area contributed by atoms with Gasteiger partial charge in [0.15, 0.2) is 0 Å². The number of rotatable bonds is 6. The lowest BCUT2D eigenvalue weighted by Gasteiger charge is -2.09. The van der Waals surface area contributed by atoms with Gasteiger partial charge in [-0.2, -0.15) is 0 Å². The largest absolute Gasteiger partial charge is 0.497 e. The van der Waals surface area contributed by atoms with Crippen molar-refractivity contribution < 1.29 is 9.84 Å². The summed E-state index contributed by atoms with van der Waals surface area (Å²) in [5, 5.41) is 11.1. The highest BCUT2D eigenvalue weighted by Crippen LogP contribution is 2.19. The van der Waals surface area contributed by atoms with E-state index in [-0.39, 0.29) is 6.10 Å². The van der Waals surface area contributed by atoms with Gasteiger partial charge in [0.05, 0.1) is 23.9 Å². The molecule has 1 heterocycles. The number of ether oxygens (including phenoxy) is 1. The minimum atomic E-state index is -0.331. The molecule has 1 atom stereocenters. The van der Waals surface area contributed by atoms with Crippen LogP contribution in [0.3, 0.4) is 0 Å². The van der Waals surface area contributed by atoms with Gasteiger partial charge in [0.1, 0.15) is 5.75 Å². The zero-order valence-corrected chi connectivity index (χ0v) is 13.0. The first kappa shape index (κ1) is 15.0. The number of nitrogens with zero attached hydrogens (tertiary/aromatic N) is 1. The average Bonchev–Trinajstić information content (AvgIpc) is 2.75. The number of aliphatic hydroxyl groups is 1. The van der Waals surface area contributed by atoms with E-state index in [4.69, 9.17) is 4.74 Å². The quantitative estimate of drug-likeness (QED) is 0.888. The molecule has 0 bridgehead atoms. The summed E-state index contributed by atoms with van der Waals surface area (Å²) in [5.74, 6) is 0.864. The fraction of sp³-hybridized carbons (Fsp3) is 0.438. The van der Waals surface area contributed by atoms with Gasteiger partial charge >= 0.3 is 0 Å². The Morgan fingerprint density at radius 3 is 2.50 bits per heavy atom. The SMILES string of the molecule is COc1ccc(CCC(O)Cc2nc(C)c(C)s2)cc1. The Morgan fingerprint density at radius 1 is 1.25 bits per heavy atom. The van der Waals surface area contributed by atoms with Gasteiger partial charge in [0.2, 0.25) is 0 Å². The van der Waals surface area contributed by atoms with E-state index in [1.807, 2.05) is 31.2 Å². The maximum Gasteiger partial charge on any atom is 0.118 e. The van der Waals surface area contributed by atoms with Crippen LogP contribution in [0.2, 0.25) is 0 Å². The highest BCUT2D eigenvalue weighted by atomic mass is 32.1. The molecule has 0 saturated heterocycles. The average molecular weight is 291 g/mol. The molecule has 1 unspecified atom stereocenters. The molecular formula is C16H21NO2S. The van der Waals surface area contributed by atoms with Crippen LogP contribution in [-0.4, -0.2) is 23.3 Å². The molecule has 108 valence electrons. The molecular weight excluding hydrogens is 270 g/mol. The molecule has 1 aromatic carbocycles. The van der Waals surface area contributed by atoms with Crippen LogP contribution in [0.5, 0.6) is 5.75 Å². The second-order valence-electron chi connectivity index (χ2n) is 4.99. The van der Waals surface area contributed by atoms with Crippen molar-refractivity contribution in [3.05, 3.63) is 45.4 Å². The summed E-state index contributed by atoms with van der Waals surface area (Å²) in [6.45, 7) is 4.08. The second kappa shape index (κ2) is 6.86. The maximum absolute atomic E-state index is 10.1. The third-order valence-corrected chi connectivity index (χ3v) is 4.50. The third-order valence-electron chi connectivity index (χ3n) is 3.41. The summed E-state index contributed by atoms with van der Waals surface area (Å²) in [6, 6.07) is 8.00. The molecule has 0 aliphatic heterocycles. The molecule has 0 spiro atoms. The van der Waals surface area contributed by atoms with Gasteiger partial charge in [-0.1, -0.05) is 12.1 Å². The van der Waals surface area contributed by atoms with Crippen molar-refractivity contribution in [3.8, 4) is 5.75 Å². The van der Waals surface area contributed by atoms with Crippen LogP contribution in [0.1, 0.15) is 27.6 Å². The van der Waals surface area contributed by atoms with Gasteiger partial charge in [0.25, 0.3) is 0 Å². The van der Waals surface area contributed by atoms with Crippen LogP contribution in [0.4, 0.5) is 0 Å². The lowest BCUT2D eigenvalue weighted by atomic mass is 10.1. The highest BCUT2D eigenvalue weighted by molar-refractivity contribution is 7.11. The van der Waals surface area contributed by atoms with Crippen molar-refractivity contribution in [2.75, 3.05) is 7.11 Å². The molecule has 3 nitrogen and oxygen atoms in total. The lowest BCUT2D eigenvalue weighted by molar-refractivity contribution is 0.165. The molecule has 1 N–H and O–H groups in total. The Balaban J connectivity index is 1.83. The van der Waals surface area contributed by atoms with Gasteiger partial charge in [-0.15, -0.1) is 11.3 Å². The van der Waals surface area contributed by atoms with E-state index < -0.39 is 0 Å². The third kappa shape index (κ3) is 4.05. The topological polar surface area (TPSA) is 42.4 Å². The molecule has 0 aliphatic carbocycles. The van der Waals surface area contributed by atoms with Crippen molar-refractivity contribution >= 4 is 11.3 Å². The van der Waals surface area contributed by atoms with Gasteiger partial charge in [-0.25, -0.2) is 4.98 Å². The number of thiazole rings is 1. The maximum atomic E-state index is 10.1. The summed E-state index contributed by atoms with van der Waals surface area (Å²) in [7, 11) is 1.66. The molecule has 0 saturated carbocycles. The molecule has 20 heavy (non-hydrogen) atoms. The van der Waals surface area contributed by atoms with Crippen LogP contribution in [0.15, 0.2) is 24.3 Å². The summed E-state index contributed by atoms with van der Waals surface area (Å²) in [4.78, 5) is 5.71. The number of aliphatic hydroxyl groups excluding tert-OH is 1. The normalized spacial score (nSPS) is 12.4. The van der Waals surface area contributed by atoms with E-state index in [2.05, 4.69) is 11.9 Å². The molecule has 1 aromatic heterocycles. The van der Waals surface area contributed by atoms with E-state index >= 15 is 0 Å². The van der Waals surface area contributed by atoms with Crippen LogP contribution < -0.4 is 4.74 Å². The van der Waals surface area contributed by atoms with Crippen molar-refractivity contribution in [1.82, 2.24) is 4.98 Å². The molecule has 2 aromatic rings. The zero-order valence-electron chi connectivity index (χ0n) is 12.2. The Hall–Kier alpha value is -1.39. The van der Waals surface area contributed by atoms with Crippen LogP contribution >= 0.6 is 11.3 Å². The number of methoxy groups -OCH3 is 1. The Morgan fingerprint density at radius 2 is 1.95 bits per heavy atom. The Labute approximate surface area is 124 Å². The lowest BCUT2D eigenvalue weighted by Crippen LogP contribution is -2.11. The number of aryl methyl sites for hydroxylation is 3. The zero-order chi connectivity index (χ0) is 14.5. The summed E-state index contributed by atoms with van der Waals surface area (Å²) >= 11 is 1.68. The molecule has 2 rings (SSSR count). The Bertz CT molecular complexity index is 529. The number of benzene rings is 1. The first-order valence-corrected chi connectivity index (χ1v) is 7.64. The summed E-state index contributed by atoms with van der Waals surface area (Å²) in [6.07, 6.45) is 1.94. The number of aromatic nitrogens is 1. The van der Waals surface area contributed by atoms with Gasteiger partial charge in [0, 0.05) is 11.3 Å². The monoisotopic (exact) mass is 291 g/mol. The smallest absolute Gasteiger partial charge is 0.118 e. The second-order valence-corrected chi connectivity index (χ2v) is 6.28. The first-order chi connectivity index (χ1) is 9.58. The fourth-order valence-corrected chi connectivity index (χ4v) is 3.06. The highest BCUT2D eigenvalue weighted by Gasteiger charge is 2.10. The first-order valence-electron chi connectivity index (χ1n) is 6.82. The summed E-state index contributed by atoms with van der Waals surface area (Å²) in [5.41, 5.74) is 2.30. The summed E-state index contributed by atoms with van der Waals surface area (Å²) < 4.78 is 5.13. The Kier molecular flexibility index (Phi) is 5.15. The van der Waals surface area contributed by atoms with E-state index in [9.17, 15) is 5.11 Å². The van der Waals surface area contributed by atoms with Crippen molar-refractivity contribution in [1.29, 1.82) is 0 Å². The molecule has 0 fully saturated rings. The number of hydrogen-bond acceptors (Lipinski definition) is 4. The number of hydrogen-bond donors (Lipinski definition) is 1. The van der Waals surface area contributed by atoms with Crippen LogP contribution in [0.25, 0.3) is 0 Å². The van der Waals surface area contributed by atoms with Crippen molar-refractivity contribution in [3.63, 3.8) is 0 Å². The molecule has 0 radical (unpaired) electrons. The molecule has 4 heteroatoms. The van der Waals surface area contributed by atoms with Gasteiger partial charge in [-0.3, -0.25) is 0 Å². The van der Waals surface area contributed by atoms with E-state index in [0.29, 0.717) is 6.42 Å². The van der Waals surface area contributed by atoms with E-state index in [1.165, 1.54) is 10.4 Å². The molecule has 0 amide bonds. The predicted octanol–water partition coefficient (Wildman–Crippen LogP) is 3.30. The van der Waals surface area contributed by atoms with E-state index in [1.54, 1.807) is 18.4 Å². The van der Waals surface area contributed by atoms with Gasteiger partial charge < -0.3 is 9.84 Å². The minimum absolute atomic E-state index is 0.331. The van der Waals surface area contributed by atoms with Crippen LogP contribution in [-0.2, 0) is 12.8 Å². The minimum Gasteiger partial charge on any atom is -0.497 e. The predicted molar refractivity (Wildman–Crippen MR) is 82.6 cm³/mol. The van der Waals surface area contributed by atoms with Crippen molar-refractivity contribution in [2.45, 2.75) is 39.2 Å². The standard InChI is InChI=1S/C16H21NO2S/c1-11-12(2)20-16(17-11)10-14(18)7-4-13-5-8-15(19-3)9-6-13/h5-6,8-9,14,18H,4,7,10H2,1-3H3. The van der Waals surface area contributed by atoms with Crippen LogP contribution in [0, 0.1) is 13.8 Å². The molecule has 0 aliphatic rings. The fourth-order valence-electron chi connectivity index (χ4n) is 2.06.